The third-order valence-electron chi connectivity index (χ3n) is 4.01. The third-order valence-corrected chi connectivity index (χ3v) is 6.60. The van der Waals surface area contributed by atoms with Crippen molar-refractivity contribution in [2.45, 2.75) is 13.3 Å². The van der Waals surface area contributed by atoms with E-state index < -0.39 is 0 Å². The summed E-state index contributed by atoms with van der Waals surface area (Å²) in [5.41, 5.74) is 2.47. The lowest BCUT2D eigenvalue weighted by atomic mass is 10.1. The van der Waals surface area contributed by atoms with Gasteiger partial charge in [-0.15, -0.1) is 22.7 Å². The second kappa shape index (κ2) is 7.19. The van der Waals surface area contributed by atoms with E-state index in [1.165, 1.54) is 33.8 Å². The fourth-order valence-corrected chi connectivity index (χ4v) is 4.92. The predicted octanol–water partition coefficient (Wildman–Crippen LogP) is 6.16. The van der Waals surface area contributed by atoms with E-state index in [2.05, 4.69) is 41.5 Å². The van der Waals surface area contributed by atoms with Gasteiger partial charge >= 0.3 is 0 Å². The maximum absolute atomic E-state index is 12.6. The molecule has 4 aromatic rings. The standard InChI is InChI=1S/C20H15ClN2OS2/c1-12-6-8-13(9-7-12)10-14-11-22-20(25-14)23-19(24)18-17(21)15-4-2-3-5-16(15)26-18/h2-9,11H,10H2,1H3,(H,22,23,24). The summed E-state index contributed by atoms with van der Waals surface area (Å²) in [5, 5.41) is 4.86. The van der Waals surface area contributed by atoms with E-state index in [4.69, 9.17) is 11.6 Å². The van der Waals surface area contributed by atoms with Gasteiger partial charge in [-0.1, -0.05) is 59.6 Å². The predicted molar refractivity (Wildman–Crippen MR) is 111 cm³/mol. The summed E-state index contributed by atoms with van der Waals surface area (Å²) >= 11 is 9.26. The number of rotatable bonds is 4. The second-order valence-corrected chi connectivity index (χ2v) is 8.53. The molecular weight excluding hydrogens is 384 g/mol. The quantitative estimate of drug-likeness (QED) is 0.447. The topological polar surface area (TPSA) is 42.0 Å². The molecule has 4 rings (SSSR count). The molecule has 0 radical (unpaired) electrons. The summed E-state index contributed by atoms with van der Waals surface area (Å²) in [6.45, 7) is 2.07. The maximum atomic E-state index is 12.6. The Balaban J connectivity index is 1.50. The van der Waals surface area contributed by atoms with Crippen molar-refractivity contribution < 1.29 is 4.79 Å². The number of aromatic nitrogens is 1. The van der Waals surface area contributed by atoms with Crippen molar-refractivity contribution in [2.24, 2.45) is 0 Å². The first kappa shape index (κ1) is 17.2. The molecular formula is C20H15ClN2OS2. The number of carbonyl (C=O) groups excluding carboxylic acids is 1. The first-order valence-corrected chi connectivity index (χ1v) is 10.1. The van der Waals surface area contributed by atoms with Crippen molar-refractivity contribution in [1.29, 1.82) is 0 Å². The molecule has 0 saturated carbocycles. The van der Waals surface area contributed by atoms with E-state index in [-0.39, 0.29) is 5.91 Å². The average molecular weight is 399 g/mol. The maximum Gasteiger partial charge on any atom is 0.269 e. The van der Waals surface area contributed by atoms with Crippen LogP contribution in [-0.2, 0) is 6.42 Å². The van der Waals surface area contributed by atoms with Crippen LogP contribution in [0, 0.1) is 6.92 Å². The first-order chi connectivity index (χ1) is 12.6. The summed E-state index contributed by atoms with van der Waals surface area (Å²) in [5.74, 6) is -0.215. The molecule has 0 spiro atoms. The Labute approximate surface area is 164 Å². The van der Waals surface area contributed by atoms with Gasteiger partial charge in [0.1, 0.15) is 4.88 Å². The van der Waals surface area contributed by atoms with Gasteiger partial charge < -0.3 is 0 Å². The lowest BCUT2D eigenvalue weighted by Gasteiger charge is -2.00. The van der Waals surface area contributed by atoms with Crippen LogP contribution in [0.1, 0.15) is 25.7 Å². The Kier molecular flexibility index (Phi) is 4.76. The molecule has 0 unspecified atom stereocenters. The van der Waals surface area contributed by atoms with Crippen molar-refractivity contribution in [3.05, 3.63) is 80.6 Å². The van der Waals surface area contributed by atoms with E-state index in [1.54, 1.807) is 0 Å². The van der Waals surface area contributed by atoms with Gasteiger partial charge in [0.15, 0.2) is 5.13 Å². The number of nitrogens with one attached hydrogen (secondary N) is 1. The van der Waals surface area contributed by atoms with Crippen LogP contribution >= 0.6 is 34.3 Å². The molecule has 130 valence electrons. The van der Waals surface area contributed by atoms with Crippen LogP contribution in [0.2, 0.25) is 5.02 Å². The number of aryl methyl sites for hydroxylation is 1. The fraction of sp³-hybridized carbons (Fsp3) is 0.100. The molecule has 0 atom stereocenters. The van der Waals surface area contributed by atoms with Crippen LogP contribution in [0.5, 0.6) is 0 Å². The molecule has 0 fully saturated rings. The normalized spacial score (nSPS) is 11.0. The Morgan fingerprint density at radius 3 is 2.65 bits per heavy atom. The zero-order valence-electron chi connectivity index (χ0n) is 14.0. The Morgan fingerprint density at radius 2 is 1.88 bits per heavy atom. The fourth-order valence-electron chi connectivity index (χ4n) is 2.67. The highest BCUT2D eigenvalue weighted by Gasteiger charge is 2.18. The number of thiophene rings is 1. The molecule has 1 amide bonds. The summed E-state index contributed by atoms with van der Waals surface area (Å²) in [4.78, 5) is 18.5. The third kappa shape index (κ3) is 3.51. The number of fused-ring (bicyclic) bond motifs is 1. The highest BCUT2D eigenvalue weighted by atomic mass is 35.5. The number of nitrogens with zero attached hydrogens (tertiary/aromatic N) is 1. The molecule has 1 N–H and O–H groups in total. The molecule has 2 heterocycles. The van der Waals surface area contributed by atoms with Crippen molar-refractivity contribution in [2.75, 3.05) is 5.32 Å². The minimum Gasteiger partial charge on any atom is -0.297 e. The van der Waals surface area contributed by atoms with Crippen LogP contribution in [0.3, 0.4) is 0 Å². The Morgan fingerprint density at radius 1 is 1.12 bits per heavy atom. The summed E-state index contributed by atoms with van der Waals surface area (Å²) in [6.07, 6.45) is 2.62. The van der Waals surface area contributed by atoms with Crippen LogP contribution in [0.4, 0.5) is 5.13 Å². The molecule has 3 nitrogen and oxygen atoms in total. The smallest absolute Gasteiger partial charge is 0.269 e. The van der Waals surface area contributed by atoms with Gasteiger partial charge in [-0.2, -0.15) is 0 Å². The molecule has 0 aliphatic carbocycles. The SMILES string of the molecule is Cc1ccc(Cc2cnc(NC(=O)c3sc4ccccc4c3Cl)s2)cc1. The molecule has 0 aliphatic heterocycles. The first-order valence-electron chi connectivity index (χ1n) is 8.09. The van der Waals surface area contributed by atoms with Gasteiger partial charge in [-0.3, -0.25) is 10.1 Å². The van der Waals surface area contributed by atoms with Gasteiger partial charge in [0, 0.05) is 27.6 Å². The number of benzene rings is 2. The Bertz CT molecular complexity index is 1080. The van der Waals surface area contributed by atoms with Gasteiger partial charge in [-0.25, -0.2) is 4.98 Å². The van der Waals surface area contributed by atoms with Crippen LogP contribution < -0.4 is 5.32 Å². The molecule has 2 aromatic heterocycles. The minimum atomic E-state index is -0.215. The van der Waals surface area contributed by atoms with Crippen molar-refractivity contribution >= 4 is 55.4 Å². The second-order valence-electron chi connectivity index (χ2n) is 5.99. The number of halogens is 1. The zero-order valence-corrected chi connectivity index (χ0v) is 16.3. The van der Waals surface area contributed by atoms with Gasteiger partial charge in [0.05, 0.1) is 5.02 Å². The van der Waals surface area contributed by atoms with Crippen LogP contribution in [0.15, 0.2) is 54.7 Å². The molecule has 2 aromatic carbocycles. The van der Waals surface area contributed by atoms with E-state index in [9.17, 15) is 4.79 Å². The monoisotopic (exact) mass is 398 g/mol. The molecule has 0 aliphatic rings. The summed E-state index contributed by atoms with van der Waals surface area (Å²) in [7, 11) is 0. The Hall–Kier alpha value is -2.21. The van der Waals surface area contributed by atoms with E-state index in [0.29, 0.717) is 15.0 Å². The number of carbonyl (C=O) groups is 1. The van der Waals surface area contributed by atoms with Crippen LogP contribution in [-0.4, -0.2) is 10.9 Å². The number of anilines is 1. The number of thiazole rings is 1. The lowest BCUT2D eigenvalue weighted by Crippen LogP contribution is -2.10. The van der Waals surface area contributed by atoms with E-state index in [0.717, 1.165) is 21.4 Å². The van der Waals surface area contributed by atoms with Gasteiger partial charge in [0.25, 0.3) is 5.91 Å². The largest absolute Gasteiger partial charge is 0.297 e. The van der Waals surface area contributed by atoms with E-state index >= 15 is 0 Å². The van der Waals surface area contributed by atoms with Crippen molar-refractivity contribution in [1.82, 2.24) is 4.98 Å². The highest BCUT2D eigenvalue weighted by Crippen LogP contribution is 2.35. The van der Waals surface area contributed by atoms with Crippen LogP contribution in [0.25, 0.3) is 10.1 Å². The number of hydrogen-bond donors (Lipinski definition) is 1. The highest BCUT2D eigenvalue weighted by molar-refractivity contribution is 7.22. The number of hydrogen-bond acceptors (Lipinski definition) is 4. The van der Waals surface area contributed by atoms with E-state index in [1.807, 2.05) is 30.5 Å². The average Bonchev–Trinajstić information content (AvgIpc) is 3.22. The van der Waals surface area contributed by atoms with Gasteiger partial charge in [-0.05, 0) is 18.6 Å². The zero-order chi connectivity index (χ0) is 18.1. The molecule has 26 heavy (non-hydrogen) atoms. The number of amides is 1. The summed E-state index contributed by atoms with van der Waals surface area (Å²) in [6, 6.07) is 16.2. The minimum absolute atomic E-state index is 0.215. The van der Waals surface area contributed by atoms with Gasteiger partial charge in [0.2, 0.25) is 0 Å². The van der Waals surface area contributed by atoms with Crippen molar-refractivity contribution in [3.8, 4) is 0 Å². The summed E-state index contributed by atoms with van der Waals surface area (Å²) < 4.78 is 1.00. The molecule has 0 bridgehead atoms. The lowest BCUT2D eigenvalue weighted by molar-refractivity contribution is 0.103. The molecule has 6 heteroatoms. The molecule has 0 saturated heterocycles. The van der Waals surface area contributed by atoms with Crippen molar-refractivity contribution in [3.63, 3.8) is 0 Å².